The fourth-order valence-corrected chi connectivity index (χ4v) is 4.84. The monoisotopic (exact) mass is 468 g/mol. The van der Waals surface area contributed by atoms with Crippen molar-refractivity contribution in [1.29, 1.82) is 0 Å². The van der Waals surface area contributed by atoms with Crippen LogP contribution in [0.4, 0.5) is 0 Å². The van der Waals surface area contributed by atoms with E-state index in [0.29, 0.717) is 18.5 Å². The number of carbonyl (C=O) groups is 3. The lowest BCUT2D eigenvalue weighted by atomic mass is 10.0. The Hall–Kier alpha value is -3.84. The maximum Gasteiger partial charge on any atom is 0.255 e. The summed E-state index contributed by atoms with van der Waals surface area (Å²) in [6.45, 7) is 4.09. The van der Waals surface area contributed by atoms with Crippen molar-refractivity contribution in [3.63, 3.8) is 0 Å². The Balaban J connectivity index is 1.30. The number of aryl methyl sites for hydroxylation is 1. The Labute approximate surface area is 204 Å². The van der Waals surface area contributed by atoms with Crippen molar-refractivity contribution in [2.75, 3.05) is 7.05 Å². The highest BCUT2D eigenvalue weighted by molar-refractivity contribution is 6.05. The molecule has 7 heteroatoms. The Morgan fingerprint density at radius 1 is 1.00 bits per heavy atom. The van der Waals surface area contributed by atoms with Gasteiger partial charge in [0.2, 0.25) is 11.8 Å². The molecule has 1 fully saturated rings. The molecule has 0 saturated carbocycles. The van der Waals surface area contributed by atoms with Crippen LogP contribution < -0.4 is 5.32 Å². The van der Waals surface area contributed by atoms with E-state index >= 15 is 0 Å². The summed E-state index contributed by atoms with van der Waals surface area (Å²) >= 11 is 0. The van der Waals surface area contributed by atoms with E-state index in [1.54, 1.807) is 4.90 Å². The number of aromatic nitrogens is 1. The second-order valence-corrected chi connectivity index (χ2v) is 9.48. The van der Waals surface area contributed by atoms with Crippen LogP contribution in [-0.4, -0.2) is 45.6 Å². The number of pyridine rings is 1. The quantitative estimate of drug-likeness (QED) is 0.561. The molecular weight excluding hydrogens is 440 g/mol. The maximum atomic E-state index is 13.0. The Bertz CT molecular complexity index is 1300. The van der Waals surface area contributed by atoms with Gasteiger partial charge in [-0.3, -0.25) is 29.6 Å². The predicted octanol–water partition coefficient (Wildman–Crippen LogP) is 3.45. The first-order valence-electron chi connectivity index (χ1n) is 11.8. The van der Waals surface area contributed by atoms with Crippen LogP contribution in [0.3, 0.4) is 0 Å². The summed E-state index contributed by atoms with van der Waals surface area (Å²) < 4.78 is 0. The van der Waals surface area contributed by atoms with Crippen LogP contribution in [0, 0.1) is 6.92 Å². The number of nitrogens with one attached hydrogen (secondary N) is 1. The number of hydrogen-bond donors (Lipinski definition) is 1. The molecule has 2 aliphatic heterocycles. The number of fused-ring (bicyclic) bond motifs is 1. The first-order chi connectivity index (χ1) is 16.9. The summed E-state index contributed by atoms with van der Waals surface area (Å²) in [6, 6.07) is 17.8. The molecule has 178 valence electrons. The topological polar surface area (TPSA) is 82.6 Å². The summed E-state index contributed by atoms with van der Waals surface area (Å²) in [4.78, 5) is 45.1. The minimum Gasteiger partial charge on any atom is -0.322 e. The van der Waals surface area contributed by atoms with E-state index in [1.807, 2.05) is 30.5 Å². The zero-order valence-corrected chi connectivity index (χ0v) is 20.0. The smallest absolute Gasteiger partial charge is 0.255 e. The zero-order valence-electron chi connectivity index (χ0n) is 20.0. The SMILES string of the molecule is Cc1ccc(CN(C)Cc2ccnc(-c3ccc4c(c3)CN(C3CCC(=O)NC3=O)C4=O)c2)cc1. The van der Waals surface area contributed by atoms with Crippen molar-refractivity contribution in [3.05, 3.63) is 88.6 Å². The van der Waals surface area contributed by atoms with Gasteiger partial charge in [-0.15, -0.1) is 0 Å². The Kier molecular flexibility index (Phi) is 6.17. The van der Waals surface area contributed by atoms with Gasteiger partial charge in [0.15, 0.2) is 0 Å². The fraction of sp³-hybridized carbons (Fsp3) is 0.286. The summed E-state index contributed by atoms with van der Waals surface area (Å²) in [6.07, 6.45) is 2.42. The molecule has 0 bridgehead atoms. The molecule has 3 amide bonds. The summed E-state index contributed by atoms with van der Waals surface area (Å²) in [5.41, 5.74) is 6.95. The number of hydrogen-bond acceptors (Lipinski definition) is 5. The van der Waals surface area contributed by atoms with Crippen molar-refractivity contribution in [2.45, 2.75) is 45.4 Å². The number of rotatable bonds is 6. The molecule has 3 aromatic rings. The lowest BCUT2D eigenvalue weighted by Gasteiger charge is -2.29. The third kappa shape index (κ3) is 4.86. The average molecular weight is 469 g/mol. The number of benzene rings is 2. The van der Waals surface area contributed by atoms with Crippen LogP contribution >= 0.6 is 0 Å². The van der Waals surface area contributed by atoms with Gasteiger partial charge >= 0.3 is 0 Å². The lowest BCUT2D eigenvalue weighted by molar-refractivity contribution is -0.136. The molecule has 1 unspecified atom stereocenters. The van der Waals surface area contributed by atoms with Crippen LogP contribution in [-0.2, 0) is 29.2 Å². The molecular formula is C28H28N4O3. The number of amides is 3. The van der Waals surface area contributed by atoms with Crippen molar-refractivity contribution in [2.24, 2.45) is 0 Å². The second-order valence-electron chi connectivity index (χ2n) is 9.48. The third-order valence-corrected chi connectivity index (χ3v) is 6.67. The maximum absolute atomic E-state index is 13.0. The van der Waals surface area contributed by atoms with Gasteiger partial charge in [-0.05, 0) is 61.3 Å². The predicted molar refractivity (Wildman–Crippen MR) is 132 cm³/mol. The van der Waals surface area contributed by atoms with E-state index in [0.717, 1.165) is 35.5 Å². The van der Waals surface area contributed by atoms with Gasteiger partial charge in [-0.2, -0.15) is 0 Å². The first kappa shape index (κ1) is 22.9. The molecule has 0 spiro atoms. The minimum absolute atomic E-state index is 0.166. The van der Waals surface area contributed by atoms with Crippen molar-refractivity contribution in [3.8, 4) is 11.3 Å². The van der Waals surface area contributed by atoms with E-state index < -0.39 is 11.9 Å². The van der Waals surface area contributed by atoms with E-state index in [9.17, 15) is 14.4 Å². The fourth-order valence-electron chi connectivity index (χ4n) is 4.84. The zero-order chi connectivity index (χ0) is 24.5. The summed E-state index contributed by atoms with van der Waals surface area (Å²) in [7, 11) is 2.10. The number of carbonyl (C=O) groups excluding carboxylic acids is 3. The van der Waals surface area contributed by atoms with E-state index in [1.165, 1.54) is 11.1 Å². The van der Waals surface area contributed by atoms with Gasteiger partial charge in [-0.25, -0.2) is 0 Å². The van der Waals surface area contributed by atoms with Crippen LogP contribution in [0.2, 0.25) is 0 Å². The van der Waals surface area contributed by atoms with Crippen LogP contribution in [0.25, 0.3) is 11.3 Å². The van der Waals surface area contributed by atoms with Gasteiger partial charge in [0.25, 0.3) is 5.91 Å². The third-order valence-electron chi connectivity index (χ3n) is 6.67. The van der Waals surface area contributed by atoms with Crippen molar-refractivity contribution in [1.82, 2.24) is 20.1 Å². The summed E-state index contributed by atoms with van der Waals surface area (Å²) in [5, 5.41) is 2.34. The van der Waals surface area contributed by atoms with Gasteiger partial charge in [0.05, 0.1) is 5.69 Å². The normalized spacial score (nSPS) is 17.6. The van der Waals surface area contributed by atoms with Gasteiger partial charge in [0.1, 0.15) is 6.04 Å². The molecule has 5 rings (SSSR count). The standard InChI is InChI=1S/C28H28N4O3/c1-18-3-5-19(6-4-18)15-31(2)16-20-11-12-29-24(13-20)21-7-8-23-22(14-21)17-32(28(23)35)25-9-10-26(33)30-27(25)34/h3-8,11-14,25H,9-10,15-17H2,1-2H3,(H,30,33,34). The molecule has 2 aromatic carbocycles. The lowest BCUT2D eigenvalue weighted by Crippen LogP contribution is -2.52. The molecule has 3 heterocycles. The van der Waals surface area contributed by atoms with Crippen LogP contribution in [0.1, 0.15) is 45.5 Å². The van der Waals surface area contributed by atoms with Crippen LogP contribution in [0.5, 0.6) is 0 Å². The van der Waals surface area contributed by atoms with Gasteiger partial charge in [0, 0.05) is 43.4 Å². The molecule has 0 aliphatic carbocycles. The Morgan fingerprint density at radius 3 is 2.54 bits per heavy atom. The molecule has 7 nitrogen and oxygen atoms in total. The number of piperidine rings is 1. The molecule has 1 atom stereocenters. The molecule has 1 aromatic heterocycles. The van der Waals surface area contributed by atoms with E-state index in [4.69, 9.17) is 0 Å². The number of nitrogens with zero attached hydrogens (tertiary/aromatic N) is 3. The molecule has 1 saturated heterocycles. The Morgan fingerprint density at radius 2 is 1.77 bits per heavy atom. The van der Waals surface area contributed by atoms with Crippen LogP contribution in [0.15, 0.2) is 60.8 Å². The van der Waals surface area contributed by atoms with Crippen molar-refractivity contribution < 1.29 is 14.4 Å². The average Bonchev–Trinajstić information content (AvgIpc) is 3.16. The van der Waals surface area contributed by atoms with Crippen molar-refractivity contribution >= 4 is 17.7 Å². The highest BCUT2D eigenvalue weighted by Crippen LogP contribution is 2.31. The highest BCUT2D eigenvalue weighted by atomic mass is 16.2. The van der Waals surface area contributed by atoms with Gasteiger partial charge in [-0.1, -0.05) is 35.9 Å². The van der Waals surface area contributed by atoms with Gasteiger partial charge < -0.3 is 4.90 Å². The number of imide groups is 1. The first-order valence-corrected chi connectivity index (χ1v) is 11.8. The molecule has 1 N–H and O–H groups in total. The summed E-state index contributed by atoms with van der Waals surface area (Å²) in [5.74, 6) is -0.847. The molecule has 35 heavy (non-hydrogen) atoms. The highest BCUT2D eigenvalue weighted by Gasteiger charge is 2.39. The minimum atomic E-state index is -0.610. The van der Waals surface area contributed by atoms with E-state index in [-0.39, 0.29) is 18.2 Å². The van der Waals surface area contributed by atoms with E-state index in [2.05, 4.69) is 59.5 Å². The molecule has 0 radical (unpaired) electrons. The largest absolute Gasteiger partial charge is 0.322 e. The second kappa shape index (κ2) is 9.43. The molecule has 2 aliphatic rings.